The molecule has 0 aliphatic heterocycles. The molecule has 0 bridgehead atoms. The molecule has 2 rings (SSSR count). The summed E-state index contributed by atoms with van der Waals surface area (Å²) in [4.78, 5) is 0. The van der Waals surface area contributed by atoms with Crippen LogP contribution in [0, 0.1) is 0 Å². The van der Waals surface area contributed by atoms with Crippen molar-refractivity contribution in [3.63, 3.8) is 0 Å². The Balaban J connectivity index is 1.99. The average Bonchev–Trinajstić information content (AvgIpc) is 2.50. The van der Waals surface area contributed by atoms with Gasteiger partial charge in [0.1, 0.15) is 5.75 Å². The van der Waals surface area contributed by atoms with Gasteiger partial charge in [0.15, 0.2) is 11.5 Å². The van der Waals surface area contributed by atoms with Gasteiger partial charge in [-0.1, -0.05) is 24.3 Å². The maximum atomic E-state index is 8.71. The van der Waals surface area contributed by atoms with Gasteiger partial charge in [-0.2, -0.15) is 0 Å². The third-order valence-corrected chi connectivity index (χ3v) is 2.84. The molecule has 20 heavy (non-hydrogen) atoms. The molecule has 0 unspecified atom stereocenters. The van der Waals surface area contributed by atoms with E-state index in [0.717, 1.165) is 17.9 Å². The number of hydrogen-bond acceptors (Lipinski definition) is 4. The number of ether oxygens (including phenoxy) is 2. The van der Waals surface area contributed by atoms with Gasteiger partial charge >= 0.3 is 0 Å². The highest BCUT2D eigenvalue weighted by molar-refractivity contribution is 5.42. The Morgan fingerprint density at radius 3 is 2.35 bits per heavy atom. The van der Waals surface area contributed by atoms with Gasteiger partial charge in [-0.05, 0) is 29.8 Å². The highest BCUT2D eigenvalue weighted by atomic mass is 16.5. The topological polar surface area (TPSA) is 50.7 Å². The predicted octanol–water partition coefficient (Wildman–Crippen LogP) is 2.57. The Morgan fingerprint density at radius 1 is 1.00 bits per heavy atom. The summed E-state index contributed by atoms with van der Waals surface area (Å²) in [7, 11) is 1.62. The largest absolute Gasteiger partial charge is 0.493 e. The first-order chi connectivity index (χ1) is 9.83. The second-order valence-corrected chi connectivity index (χ2v) is 4.30. The molecule has 4 heteroatoms. The minimum absolute atomic E-state index is 0.148. The van der Waals surface area contributed by atoms with Crippen molar-refractivity contribution in [2.45, 2.75) is 6.54 Å². The zero-order chi connectivity index (χ0) is 14.2. The zero-order valence-corrected chi connectivity index (χ0v) is 11.5. The summed E-state index contributed by atoms with van der Waals surface area (Å²) in [5.74, 6) is 2.17. The highest BCUT2D eigenvalue weighted by Crippen LogP contribution is 2.30. The van der Waals surface area contributed by atoms with Crippen LogP contribution >= 0.6 is 0 Å². The SMILES string of the molecule is COc1ccccc1Oc1ccc(CNCCO)cc1. The maximum Gasteiger partial charge on any atom is 0.169 e. The van der Waals surface area contributed by atoms with Crippen LogP contribution in [0.2, 0.25) is 0 Å². The molecule has 2 aromatic rings. The van der Waals surface area contributed by atoms with Crippen molar-refractivity contribution in [1.82, 2.24) is 5.32 Å². The molecule has 0 radical (unpaired) electrons. The number of para-hydroxylation sites is 2. The summed E-state index contributed by atoms with van der Waals surface area (Å²) in [5.41, 5.74) is 1.14. The van der Waals surface area contributed by atoms with E-state index in [9.17, 15) is 0 Å². The third-order valence-electron chi connectivity index (χ3n) is 2.84. The van der Waals surface area contributed by atoms with Gasteiger partial charge in [0.05, 0.1) is 13.7 Å². The van der Waals surface area contributed by atoms with Crippen LogP contribution < -0.4 is 14.8 Å². The van der Waals surface area contributed by atoms with E-state index in [1.807, 2.05) is 48.5 Å². The van der Waals surface area contributed by atoms with Crippen LogP contribution in [0.25, 0.3) is 0 Å². The van der Waals surface area contributed by atoms with Crippen molar-refractivity contribution in [2.75, 3.05) is 20.3 Å². The van der Waals surface area contributed by atoms with Gasteiger partial charge in [-0.15, -0.1) is 0 Å². The Labute approximate surface area is 119 Å². The van der Waals surface area contributed by atoms with E-state index >= 15 is 0 Å². The van der Waals surface area contributed by atoms with Crippen LogP contribution in [0.4, 0.5) is 0 Å². The van der Waals surface area contributed by atoms with Gasteiger partial charge in [-0.25, -0.2) is 0 Å². The summed E-state index contributed by atoms with van der Waals surface area (Å²) in [5, 5.41) is 11.8. The van der Waals surface area contributed by atoms with Crippen LogP contribution in [-0.2, 0) is 6.54 Å². The number of aliphatic hydroxyl groups is 1. The number of methoxy groups -OCH3 is 1. The van der Waals surface area contributed by atoms with Crippen molar-refractivity contribution >= 4 is 0 Å². The molecule has 0 fully saturated rings. The van der Waals surface area contributed by atoms with Crippen LogP contribution in [0.3, 0.4) is 0 Å². The molecule has 0 amide bonds. The Kier molecular flexibility index (Phi) is 5.41. The molecule has 0 heterocycles. The van der Waals surface area contributed by atoms with Crippen LogP contribution in [0.1, 0.15) is 5.56 Å². The number of nitrogens with one attached hydrogen (secondary N) is 1. The Hall–Kier alpha value is -2.04. The first-order valence-corrected chi connectivity index (χ1v) is 6.55. The Bertz CT molecular complexity index is 526. The molecule has 2 aromatic carbocycles. The number of aliphatic hydroxyl groups excluding tert-OH is 1. The lowest BCUT2D eigenvalue weighted by atomic mass is 10.2. The van der Waals surface area contributed by atoms with Gasteiger partial charge in [-0.3, -0.25) is 0 Å². The molecular weight excluding hydrogens is 254 g/mol. The second-order valence-electron chi connectivity index (χ2n) is 4.30. The van der Waals surface area contributed by atoms with Gasteiger partial charge in [0.2, 0.25) is 0 Å². The van der Waals surface area contributed by atoms with E-state index < -0.39 is 0 Å². The van der Waals surface area contributed by atoms with E-state index in [0.29, 0.717) is 18.0 Å². The van der Waals surface area contributed by atoms with Crippen molar-refractivity contribution < 1.29 is 14.6 Å². The van der Waals surface area contributed by atoms with E-state index in [4.69, 9.17) is 14.6 Å². The van der Waals surface area contributed by atoms with E-state index in [1.165, 1.54) is 0 Å². The minimum atomic E-state index is 0.148. The first kappa shape index (κ1) is 14.4. The lowest BCUT2D eigenvalue weighted by Crippen LogP contribution is -2.17. The van der Waals surface area contributed by atoms with Gasteiger partial charge < -0.3 is 19.9 Å². The minimum Gasteiger partial charge on any atom is -0.493 e. The van der Waals surface area contributed by atoms with Gasteiger partial charge in [0, 0.05) is 13.1 Å². The molecule has 0 aliphatic rings. The lowest BCUT2D eigenvalue weighted by molar-refractivity contribution is 0.292. The third kappa shape index (κ3) is 3.98. The average molecular weight is 273 g/mol. The van der Waals surface area contributed by atoms with E-state index in [2.05, 4.69) is 5.32 Å². The number of rotatable bonds is 7. The molecule has 0 spiro atoms. The molecule has 2 N–H and O–H groups in total. The van der Waals surface area contributed by atoms with Crippen molar-refractivity contribution in [3.8, 4) is 17.2 Å². The first-order valence-electron chi connectivity index (χ1n) is 6.55. The quantitative estimate of drug-likeness (QED) is 0.761. The van der Waals surface area contributed by atoms with Crippen LogP contribution in [-0.4, -0.2) is 25.4 Å². The molecule has 0 atom stereocenters. The predicted molar refractivity (Wildman–Crippen MR) is 78.3 cm³/mol. The fourth-order valence-electron chi connectivity index (χ4n) is 1.82. The molecule has 106 valence electrons. The van der Waals surface area contributed by atoms with E-state index in [-0.39, 0.29) is 6.61 Å². The zero-order valence-electron chi connectivity index (χ0n) is 11.5. The molecule has 0 aromatic heterocycles. The number of benzene rings is 2. The molecule has 0 saturated heterocycles. The molecule has 0 aliphatic carbocycles. The molecular formula is C16H19NO3. The van der Waals surface area contributed by atoms with Gasteiger partial charge in [0.25, 0.3) is 0 Å². The van der Waals surface area contributed by atoms with Crippen molar-refractivity contribution in [2.24, 2.45) is 0 Å². The van der Waals surface area contributed by atoms with Crippen molar-refractivity contribution in [3.05, 3.63) is 54.1 Å². The maximum absolute atomic E-state index is 8.71. The lowest BCUT2D eigenvalue weighted by Gasteiger charge is -2.10. The normalized spacial score (nSPS) is 10.3. The summed E-state index contributed by atoms with van der Waals surface area (Å²) in [6.07, 6.45) is 0. The van der Waals surface area contributed by atoms with Crippen molar-refractivity contribution in [1.29, 1.82) is 0 Å². The smallest absolute Gasteiger partial charge is 0.169 e. The summed E-state index contributed by atoms with van der Waals surface area (Å²) < 4.78 is 11.0. The van der Waals surface area contributed by atoms with Crippen LogP contribution in [0.5, 0.6) is 17.2 Å². The summed E-state index contributed by atoms with van der Waals surface area (Å²) in [6.45, 7) is 1.48. The second kappa shape index (κ2) is 7.53. The standard InChI is InChI=1S/C16H19NO3/c1-19-15-4-2-3-5-16(15)20-14-8-6-13(7-9-14)12-17-10-11-18/h2-9,17-18H,10-12H2,1H3. The highest BCUT2D eigenvalue weighted by Gasteiger charge is 2.04. The molecule has 0 saturated carbocycles. The van der Waals surface area contributed by atoms with Crippen LogP contribution in [0.15, 0.2) is 48.5 Å². The fraction of sp³-hybridized carbons (Fsp3) is 0.250. The summed E-state index contributed by atoms with van der Waals surface area (Å²) in [6, 6.07) is 15.4. The summed E-state index contributed by atoms with van der Waals surface area (Å²) >= 11 is 0. The number of hydrogen-bond donors (Lipinski definition) is 2. The fourth-order valence-corrected chi connectivity index (χ4v) is 1.82. The molecule has 4 nitrogen and oxygen atoms in total. The monoisotopic (exact) mass is 273 g/mol. The van der Waals surface area contributed by atoms with E-state index in [1.54, 1.807) is 7.11 Å². The Morgan fingerprint density at radius 2 is 1.70 bits per heavy atom.